The Balaban J connectivity index is 2.49. The zero-order valence-electron chi connectivity index (χ0n) is 14.0. The lowest BCUT2D eigenvalue weighted by Gasteiger charge is -2.36. The monoisotopic (exact) mass is 296 g/mol. The Kier molecular flexibility index (Phi) is 5.84. The Morgan fingerprint density at radius 3 is 2.43 bits per heavy atom. The number of furan rings is 1. The zero-order valence-corrected chi connectivity index (χ0v) is 14.0. The molecule has 5 heteroatoms. The number of nitrogens with zero attached hydrogens (tertiary/aromatic N) is 1. The summed E-state index contributed by atoms with van der Waals surface area (Å²) < 4.78 is 10.5. The van der Waals surface area contributed by atoms with E-state index in [2.05, 4.69) is 5.32 Å². The Morgan fingerprint density at radius 2 is 1.95 bits per heavy atom. The van der Waals surface area contributed by atoms with E-state index in [9.17, 15) is 4.79 Å². The van der Waals surface area contributed by atoms with Gasteiger partial charge in [0.05, 0.1) is 12.5 Å². The van der Waals surface area contributed by atoms with Crippen LogP contribution in [0.25, 0.3) is 0 Å². The summed E-state index contributed by atoms with van der Waals surface area (Å²) >= 11 is 0. The molecule has 1 N–H and O–H groups in total. The van der Waals surface area contributed by atoms with Gasteiger partial charge in [0, 0.05) is 30.7 Å². The van der Waals surface area contributed by atoms with E-state index in [4.69, 9.17) is 9.15 Å². The van der Waals surface area contributed by atoms with Crippen molar-refractivity contribution in [3.8, 4) is 0 Å². The van der Waals surface area contributed by atoms with Crippen LogP contribution in [0.2, 0.25) is 0 Å². The minimum Gasteiger partial charge on any atom is -0.472 e. The summed E-state index contributed by atoms with van der Waals surface area (Å²) in [6.45, 7) is 13.7. The molecule has 1 rings (SSSR count). The molecule has 0 aliphatic heterocycles. The first-order valence-corrected chi connectivity index (χ1v) is 7.32. The van der Waals surface area contributed by atoms with Crippen LogP contribution in [0.3, 0.4) is 0 Å². The molecule has 0 aliphatic carbocycles. The molecule has 0 fully saturated rings. The van der Waals surface area contributed by atoms with Crippen LogP contribution >= 0.6 is 0 Å². The molecule has 5 nitrogen and oxygen atoms in total. The summed E-state index contributed by atoms with van der Waals surface area (Å²) in [4.78, 5) is 14.0. The smallest absolute Gasteiger partial charge is 0.410 e. The molecular weight excluding hydrogens is 268 g/mol. The number of amides is 1. The Bertz CT molecular complexity index is 427. The van der Waals surface area contributed by atoms with Gasteiger partial charge in [-0.3, -0.25) is 0 Å². The SMILES string of the molecule is CC(C)(C)OC(=O)N(CCNCc1ccoc1)C(C)(C)C. The van der Waals surface area contributed by atoms with Crippen molar-refractivity contribution < 1.29 is 13.9 Å². The maximum Gasteiger partial charge on any atom is 0.410 e. The van der Waals surface area contributed by atoms with Gasteiger partial charge in [-0.2, -0.15) is 0 Å². The van der Waals surface area contributed by atoms with Gasteiger partial charge in [0.1, 0.15) is 5.60 Å². The van der Waals surface area contributed by atoms with Crippen LogP contribution < -0.4 is 5.32 Å². The quantitative estimate of drug-likeness (QED) is 0.846. The highest BCUT2D eigenvalue weighted by Crippen LogP contribution is 2.17. The fraction of sp³-hybridized carbons (Fsp3) is 0.688. The number of nitrogens with one attached hydrogen (secondary N) is 1. The van der Waals surface area contributed by atoms with Gasteiger partial charge in [-0.25, -0.2) is 4.79 Å². The Labute approximate surface area is 127 Å². The van der Waals surface area contributed by atoms with Gasteiger partial charge < -0.3 is 19.4 Å². The van der Waals surface area contributed by atoms with Crippen molar-refractivity contribution in [2.24, 2.45) is 0 Å². The lowest BCUT2D eigenvalue weighted by Crippen LogP contribution is -2.50. The van der Waals surface area contributed by atoms with Crippen molar-refractivity contribution in [3.63, 3.8) is 0 Å². The minimum atomic E-state index is -0.481. The van der Waals surface area contributed by atoms with E-state index in [1.54, 1.807) is 17.4 Å². The fourth-order valence-electron chi connectivity index (χ4n) is 1.83. The van der Waals surface area contributed by atoms with E-state index in [1.165, 1.54) is 0 Å². The first kappa shape index (κ1) is 17.6. The van der Waals surface area contributed by atoms with Crippen molar-refractivity contribution in [2.45, 2.75) is 59.2 Å². The van der Waals surface area contributed by atoms with Gasteiger partial charge in [0.25, 0.3) is 0 Å². The van der Waals surface area contributed by atoms with Crippen molar-refractivity contribution >= 4 is 6.09 Å². The highest BCUT2D eigenvalue weighted by atomic mass is 16.6. The predicted molar refractivity (Wildman–Crippen MR) is 83.1 cm³/mol. The molecule has 1 aromatic heterocycles. The summed E-state index contributed by atoms with van der Waals surface area (Å²) in [6.07, 6.45) is 3.08. The number of rotatable bonds is 5. The normalized spacial score (nSPS) is 12.3. The fourth-order valence-corrected chi connectivity index (χ4v) is 1.83. The topological polar surface area (TPSA) is 54.7 Å². The van der Waals surface area contributed by atoms with Crippen LogP contribution in [0.4, 0.5) is 4.79 Å². The first-order chi connectivity index (χ1) is 9.59. The molecule has 1 heterocycles. The van der Waals surface area contributed by atoms with Gasteiger partial charge in [0.2, 0.25) is 0 Å². The molecule has 120 valence electrons. The molecule has 0 aromatic carbocycles. The Morgan fingerprint density at radius 1 is 1.29 bits per heavy atom. The molecule has 0 atom stereocenters. The van der Waals surface area contributed by atoms with Crippen LogP contribution in [-0.4, -0.2) is 35.2 Å². The van der Waals surface area contributed by atoms with E-state index < -0.39 is 5.60 Å². The summed E-state index contributed by atoms with van der Waals surface area (Å²) in [5.41, 5.74) is 0.333. The van der Waals surface area contributed by atoms with Crippen molar-refractivity contribution in [2.75, 3.05) is 13.1 Å². The number of hydrogen-bond donors (Lipinski definition) is 1. The van der Waals surface area contributed by atoms with Crippen LogP contribution in [0.15, 0.2) is 23.0 Å². The van der Waals surface area contributed by atoms with Crippen LogP contribution in [0.5, 0.6) is 0 Å². The second-order valence-electron chi connectivity index (χ2n) is 7.11. The van der Waals surface area contributed by atoms with E-state index in [1.807, 2.05) is 47.6 Å². The highest BCUT2D eigenvalue weighted by Gasteiger charge is 2.30. The summed E-state index contributed by atoms with van der Waals surface area (Å²) in [5.74, 6) is 0. The number of hydrogen-bond acceptors (Lipinski definition) is 4. The number of carbonyl (C=O) groups is 1. The maximum absolute atomic E-state index is 12.3. The van der Waals surface area contributed by atoms with Gasteiger partial charge in [-0.15, -0.1) is 0 Å². The van der Waals surface area contributed by atoms with Crippen molar-refractivity contribution in [1.82, 2.24) is 10.2 Å². The largest absolute Gasteiger partial charge is 0.472 e. The standard InChI is InChI=1S/C16H28N2O3/c1-15(2,3)18(14(19)21-16(4,5)6)9-8-17-11-13-7-10-20-12-13/h7,10,12,17H,8-9,11H2,1-6H3. The molecule has 0 saturated carbocycles. The zero-order chi connectivity index (χ0) is 16.1. The number of ether oxygens (including phenoxy) is 1. The lowest BCUT2D eigenvalue weighted by atomic mass is 10.1. The third kappa shape index (κ3) is 6.67. The second-order valence-corrected chi connectivity index (χ2v) is 7.11. The summed E-state index contributed by atoms with van der Waals surface area (Å²) in [7, 11) is 0. The summed E-state index contributed by atoms with van der Waals surface area (Å²) in [6, 6.07) is 1.92. The molecule has 0 aliphatic rings. The van der Waals surface area contributed by atoms with Gasteiger partial charge in [-0.1, -0.05) is 0 Å². The molecule has 1 aromatic rings. The van der Waals surface area contributed by atoms with Gasteiger partial charge >= 0.3 is 6.09 Å². The molecule has 0 radical (unpaired) electrons. The molecule has 0 saturated heterocycles. The third-order valence-electron chi connectivity index (χ3n) is 2.85. The molecular formula is C16H28N2O3. The first-order valence-electron chi connectivity index (χ1n) is 7.32. The van der Waals surface area contributed by atoms with Gasteiger partial charge in [-0.05, 0) is 47.6 Å². The van der Waals surface area contributed by atoms with Crippen molar-refractivity contribution in [1.29, 1.82) is 0 Å². The molecule has 0 bridgehead atoms. The van der Waals surface area contributed by atoms with Crippen LogP contribution in [0.1, 0.15) is 47.1 Å². The van der Waals surface area contributed by atoms with E-state index in [0.717, 1.165) is 12.1 Å². The maximum atomic E-state index is 12.3. The minimum absolute atomic E-state index is 0.278. The predicted octanol–water partition coefficient (Wildman–Crippen LogP) is 3.40. The average molecular weight is 296 g/mol. The Hall–Kier alpha value is -1.49. The third-order valence-corrected chi connectivity index (χ3v) is 2.85. The highest BCUT2D eigenvalue weighted by molar-refractivity contribution is 5.69. The van der Waals surface area contributed by atoms with E-state index in [-0.39, 0.29) is 11.6 Å². The van der Waals surface area contributed by atoms with Crippen molar-refractivity contribution in [3.05, 3.63) is 24.2 Å². The molecule has 0 unspecified atom stereocenters. The van der Waals surface area contributed by atoms with E-state index in [0.29, 0.717) is 13.1 Å². The molecule has 0 spiro atoms. The number of carbonyl (C=O) groups excluding carboxylic acids is 1. The second kappa shape index (κ2) is 6.98. The average Bonchev–Trinajstić information content (AvgIpc) is 2.77. The summed E-state index contributed by atoms with van der Waals surface area (Å²) in [5, 5.41) is 3.30. The molecule has 1 amide bonds. The van der Waals surface area contributed by atoms with Crippen LogP contribution in [0, 0.1) is 0 Å². The lowest BCUT2D eigenvalue weighted by molar-refractivity contribution is 0.00663. The van der Waals surface area contributed by atoms with E-state index >= 15 is 0 Å². The van der Waals surface area contributed by atoms with Crippen LogP contribution in [-0.2, 0) is 11.3 Å². The molecule has 21 heavy (non-hydrogen) atoms. The van der Waals surface area contributed by atoms with Gasteiger partial charge in [0.15, 0.2) is 0 Å².